The number of imidazole rings is 1. The minimum Gasteiger partial charge on any atom is -0.453 e. The zero-order chi connectivity index (χ0) is 29.5. The Bertz CT molecular complexity index is 1620. The fourth-order valence-corrected chi connectivity index (χ4v) is 4.78. The number of nitrogens with zero attached hydrogens (tertiary/aromatic N) is 5. The van der Waals surface area contributed by atoms with Crippen LogP contribution < -0.4 is 16.0 Å². The van der Waals surface area contributed by atoms with Gasteiger partial charge in [0.05, 0.1) is 30.1 Å². The van der Waals surface area contributed by atoms with Crippen LogP contribution in [-0.2, 0) is 9.53 Å². The normalized spacial score (nSPS) is 15.5. The molecule has 0 fully saturated rings. The van der Waals surface area contributed by atoms with Crippen LogP contribution in [0.5, 0.6) is 0 Å². The van der Waals surface area contributed by atoms with Gasteiger partial charge in [0.25, 0.3) is 5.91 Å². The molecule has 0 saturated heterocycles. The number of carbonyl (C=O) groups excluding carboxylic acids is 3. The lowest BCUT2D eigenvalue weighted by Gasteiger charge is -2.16. The summed E-state index contributed by atoms with van der Waals surface area (Å²) in [6.07, 6.45) is 8.64. The van der Waals surface area contributed by atoms with Gasteiger partial charge in [-0.3, -0.25) is 14.9 Å². The smallest absolute Gasteiger partial charge is 0.411 e. The molecule has 1 aliphatic heterocycles. The van der Waals surface area contributed by atoms with Crippen LogP contribution in [0, 0.1) is 0 Å². The summed E-state index contributed by atoms with van der Waals surface area (Å²) in [5, 5.41) is 20.3. The van der Waals surface area contributed by atoms with Gasteiger partial charge in [0, 0.05) is 40.7 Å². The van der Waals surface area contributed by atoms with Crippen LogP contribution in [0.25, 0.3) is 23.0 Å². The van der Waals surface area contributed by atoms with Gasteiger partial charge in [-0.15, -0.1) is 5.10 Å². The van der Waals surface area contributed by atoms with E-state index in [4.69, 9.17) is 16.6 Å². The maximum Gasteiger partial charge on any atom is 0.411 e. The Morgan fingerprint density at radius 1 is 1.14 bits per heavy atom. The zero-order valence-corrected chi connectivity index (χ0v) is 23.4. The van der Waals surface area contributed by atoms with Gasteiger partial charge in [0.1, 0.15) is 12.2 Å². The summed E-state index contributed by atoms with van der Waals surface area (Å²) < 4.78 is 6.15. The maximum absolute atomic E-state index is 13.1. The highest BCUT2D eigenvalue weighted by atomic mass is 35.5. The first-order valence-corrected chi connectivity index (χ1v) is 13.6. The second-order valence-electron chi connectivity index (χ2n) is 9.51. The van der Waals surface area contributed by atoms with Crippen molar-refractivity contribution in [2.24, 2.45) is 0 Å². The molecule has 3 amide bonds. The number of halogens is 1. The number of amides is 3. The van der Waals surface area contributed by atoms with Crippen LogP contribution in [0.15, 0.2) is 55.0 Å². The summed E-state index contributed by atoms with van der Waals surface area (Å²) in [4.78, 5) is 45.8. The predicted octanol–water partition coefficient (Wildman–Crippen LogP) is 4.06. The summed E-state index contributed by atoms with van der Waals surface area (Å²) in [7, 11) is 1.26. The highest BCUT2D eigenvalue weighted by molar-refractivity contribution is 6.30. The zero-order valence-electron chi connectivity index (χ0n) is 22.6. The van der Waals surface area contributed by atoms with Crippen molar-refractivity contribution in [2.75, 3.05) is 19.0 Å². The number of nitrogens with one attached hydrogen (secondary N) is 4. The highest BCUT2D eigenvalue weighted by Gasteiger charge is 2.21. The molecule has 42 heavy (non-hydrogen) atoms. The maximum atomic E-state index is 13.1. The number of tetrazole rings is 1. The van der Waals surface area contributed by atoms with E-state index in [1.165, 1.54) is 24.2 Å². The Morgan fingerprint density at radius 2 is 2.02 bits per heavy atom. The average Bonchev–Trinajstić information content (AvgIpc) is 3.70. The van der Waals surface area contributed by atoms with E-state index < -0.39 is 12.1 Å². The predicted molar refractivity (Wildman–Crippen MR) is 155 cm³/mol. The van der Waals surface area contributed by atoms with Gasteiger partial charge >= 0.3 is 6.09 Å². The lowest BCUT2D eigenvalue weighted by molar-refractivity contribution is -0.117. The molecular formula is C28H28ClN9O4. The number of aromatic amines is 1. The lowest BCUT2D eigenvalue weighted by Crippen LogP contribution is -2.28. The molecule has 2 aromatic heterocycles. The highest BCUT2D eigenvalue weighted by Crippen LogP contribution is 2.28. The molecule has 14 heteroatoms. The lowest BCUT2D eigenvalue weighted by atomic mass is 10.0. The van der Waals surface area contributed by atoms with Crippen LogP contribution in [0.2, 0.25) is 5.02 Å². The summed E-state index contributed by atoms with van der Waals surface area (Å²) in [6.45, 7) is 0.487. The van der Waals surface area contributed by atoms with E-state index in [1.54, 1.807) is 48.7 Å². The summed E-state index contributed by atoms with van der Waals surface area (Å²) in [5.74, 6) is -0.0358. The van der Waals surface area contributed by atoms with Crippen LogP contribution >= 0.6 is 11.6 Å². The number of benzene rings is 2. The molecule has 3 heterocycles. The van der Waals surface area contributed by atoms with Crippen molar-refractivity contribution in [3.05, 3.63) is 77.0 Å². The second kappa shape index (κ2) is 13.1. The van der Waals surface area contributed by atoms with E-state index in [9.17, 15) is 14.4 Å². The standard InChI is InChI=1S/C28H28ClN9O4/c1-42-28(41)33-19-8-9-20-21(14-19)27(40)30-12-4-2-3-5-22(26-31-15-23(20)35-26)34-25(39)11-6-17-13-18(29)7-10-24(17)38-16-32-36-37-38/h6-11,13-16,22H,2-5,12H2,1H3,(H,30,40)(H,31,35)(H,33,41)(H,34,39)/b11-6+. The van der Waals surface area contributed by atoms with E-state index in [0.717, 1.165) is 19.3 Å². The monoisotopic (exact) mass is 589 g/mol. The third-order valence-corrected chi connectivity index (χ3v) is 6.91. The molecule has 13 nitrogen and oxygen atoms in total. The Morgan fingerprint density at radius 3 is 2.83 bits per heavy atom. The molecule has 1 atom stereocenters. The van der Waals surface area contributed by atoms with Crippen molar-refractivity contribution in [3.8, 4) is 16.9 Å². The molecule has 0 aliphatic carbocycles. The fourth-order valence-electron chi connectivity index (χ4n) is 4.60. The van der Waals surface area contributed by atoms with Crippen molar-refractivity contribution in [2.45, 2.75) is 31.7 Å². The van der Waals surface area contributed by atoms with Crippen molar-refractivity contribution in [3.63, 3.8) is 0 Å². The van der Waals surface area contributed by atoms with Crippen LogP contribution in [0.4, 0.5) is 10.5 Å². The van der Waals surface area contributed by atoms with Gasteiger partial charge < -0.3 is 20.4 Å². The van der Waals surface area contributed by atoms with Crippen molar-refractivity contribution >= 4 is 41.3 Å². The molecule has 4 N–H and O–H groups in total. The molecule has 216 valence electrons. The summed E-state index contributed by atoms with van der Waals surface area (Å²) in [5.41, 5.74) is 3.19. The first kappa shape index (κ1) is 28.5. The Kier molecular flexibility index (Phi) is 8.87. The van der Waals surface area contributed by atoms with E-state index >= 15 is 0 Å². The number of anilines is 1. The molecule has 0 spiro atoms. The van der Waals surface area contributed by atoms with Gasteiger partial charge in [-0.05, 0) is 65.7 Å². The van der Waals surface area contributed by atoms with E-state index in [2.05, 4.69) is 41.2 Å². The Labute approximate surface area is 245 Å². The van der Waals surface area contributed by atoms with Crippen molar-refractivity contribution in [1.82, 2.24) is 40.8 Å². The first-order valence-electron chi connectivity index (χ1n) is 13.3. The number of hydrogen-bond donors (Lipinski definition) is 4. The molecule has 2 aromatic carbocycles. The minimum absolute atomic E-state index is 0.278. The number of rotatable bonds is 5. The van der Waals surface area contributed by atoms with Crippen molar-refractivity contribution in [1.29, 1.82) is 0 Å². The van der Waals surface area contributed by atoms with Crippen LogP contribution in [0.1, 0.15) is 53.5 Å². The molecule has 0 radical (unpaired) electrons. The summed E-state index contributed by atoms with van der Waals surface area (Å²) >= 11 is 6.20. The molecule has 0 saturated carbocycles. The van der Waals surface area contributed by atoms with Gasteiger partial charge in [0.15, 0.2) is 0 Å². The third kappa shape index (κ3) is 6.81. The van der Waals surface area contributed by atoms with E-state index in [1.807, 2.05) is 0 Å². The molecule has 5 rings (SSSR count). The van der Waals surface area contributed by atoms with E-state index in [0.29, 0.717) is 57.6 Å². The minimum atomic E-state index is -0.642. The van der Waals surface area contributed by atoms with Gasteiger partial charge in [-0.25, -0.2) is 9.78 Å². The molecule has 2 bridgehead atoms. The Balaban J connectivity index is 1.39. The van der Waals surface area contributed by atoms with Gasteiger partial charge in [-0.2, -0.15) is 4.68 Å². The fraction of sp³-hybridized carbons (Fsp3) is 0.250. The Hall–Kier alpha value is -5.04. The van der Waals surface area contributed by atoms with Crippen LogP contribution in [-0.4, -0.2) is 61.7 Å². The molecule has 1 aliphatic rings. The van der Waals surface area contributed by atoms with Crippen LogP contribution in [0.3, 0.4) is 0 Å². The second-order valence-corrected chi connectivity index (χ2v) is 9.94. The molecular weight excluding hydrogens is 562 g/mol. The summed E-state index contributed by atoms with van der Waals surface area (Å²) in [6, 6.07) is 9.76. The number of ether oxygens (including phenoxy) is 1. The quantitative estimate of drug-likeness (QED) is 0.253. The van der Waals surface area contributed by atoms with Gasteiger partial charge in [-0.1, -0.05) is 24.4 Å². The first-order chi connectivity index (χ1) is 20.4. The average molecular weight is 590 g/mol. The topological polar surface area (TPSA) is 169 Å². The number of fused-ring (bicyclic) bond motifs is 4. The number of methoxy groups -OCH3 is 1. The molecule has 1 unspecified atom stereocenters. The number of hydrogen-bond acceptors (Lipinski definition) is 8. The SMILES string of the molecule is COC(=O)Nc1ccc2c(c1)C(=O)NCCCCCC(NC(=O)/C=C/c1cc(Cl)ccc1-n1cnnn1)c1nc-2c[nH]1. The number of aromatic nitrogens is 6. The van der Waals surface area contributed by atoms with Gasteiger partial charge in [0.2, 0.25) is 5.91 Å². The third-order valence-electron chi connectivity index (χ3n) is 6.67. The number of carbonyl (C=O) groups is 3. The van der Waals surface area contributed by atoms with E-state index in [-0.39, 0.29) is 11.8 Å². The largest absolute Gasteiger partial charge is 0.453 e. The molecule has 4 aromatic rings. The van der Waals surface area contributed by atoms with Crippen molar-refractivity contribution < 1.29 is 19.1 Å². The number of H-pyrrole nitrogens is 1.